The SMILES string of the molecule is CCC1=[N+](C)c2ccccc2C1(C)C. The van der Waals surface area contributed by atoms with E-state index in [0.717, 1.165) is 6.42 Å². The summed E-state index contributed by atoms with van der Waals surface area (Å²) in [6.45, 7) is 6.86. The van der Waals surface area contributed by atoms with Crippen molar-refractivity contribution in [2.24, 2.45) is 0 Å². The summed E-state index contributed by atoms with van der Waals surface area (Å²) >= 11 is 0. The Bertz CT molecular complexity index is 399. The maximum atomic E-state index is 2.34. The first-order valence-electron chi connectivity index (χ1n) is 5.28. The van der Waals surface area contributed by atoms with Crippen LogP contribution in [-0.2, 0) is 5.41 Å². The monoisotopic (exact) mass is 188 g/mol. The highest BCUT2D eigenvalue weighted by Crippen LogP contribution is 2.39. The van der Waals surface area contributed by atoms with Crippen molar-refractivity contribution in [3.8, 4) is 0 Å². The molecule has 1 aromatic carbocycles. The minimum Gasteiger partial charge on any atom is -0.202 e. The number of nitrogens with zero attached hydrogens (tertiary/aromatic N) is 1. The zero-order valence-electron chi connectivity index (χ0n) is 9.46. The first kappa shape index (κ1) is 9.45. The van der Waals surface area contributed by atoms with E-state index in [4.69, 9.17) is 0 Å². The van der Waals surface area contributed by atoms with E-state index in [2.05, 4.69) is 56.7 Å². The maximum Gasteiger partial charge on any atom is 0.209 e. The normalized spacial score (nSPS) is 18.6. The van der Waals surface area contributed by atoms with Gasteiger partial charge in [-0.15, -0.1) is 0 Å². The van der Waals surface area contributed by atoms with Crippen molar-refractivity contribution in [2.75, 3.05) is 7.05 Å². The molecule has 2 rings (SSSR count). The Morgan fingerprint density at radius 2 is 1.86 bits per heavy atom. The molecule has 0 bridgehead atoms. The zero-order chi connectivity index (χ0) is 10.3. The molecule has 0 saturated heterocycles. The van der Waals surface area contributed by atoms with Crippen LogP contribution in [0.2, 0.25) is 0 Å². The molecule has 1 heteroatoms. The van der Waals surface area contributed by atoms with Gasteiger partial charge in [-0.25, -0.2) is 4.58 Å². The fraction of sp³-hybridized carbons (Fsp3) is 0.462. The highest BCUT2D eigenvalue weighted by atomic mass is 15.0. The van der Waals surface area contributed by atoms with Gasteiger partial charge >= 0.3 is 0 Å². The van der Waals surface area contributed by atoms with Gasteiger partial charge in [0, 0.05) is 18.1 Å². The summed E-state index contributed by atoms with van der Waals surface area (Å²) < 4.78 is 2.34. The lowest BCUT2D eigenvalue weighted by atomic mass is 9.81. The van der Waals surface area contributed by atoms with E-state index in [1.165, 1.54) is 17.0 Å². The van der Waals surface area contributed by atoms with Gasteiger partial charge in [0.15, 0.2) is 5.71 Å². The summed E-state index contributed by atoms with van der Waals surface area (Å²) in [6, 6.07) is 8.70. The van der Waals surface area contributed by atoms with E-state index in [-0.39, 0.29) is 5.41 Å². The van der Waals surface area contributed by atoms with Crippen molar-refractivity contribution < 1.29 is 4.58 Å². The van der Waals surface area contributed by atoms with Crippen LogP contribution in [0.4, 0.5) is 5.69 Å². The minimum atomic E-state index is 0.208. The lowest BCUT2D eigenvalue weighted by Crippen LogP contribution is -2.27. The predicted octanol–water partition coefficient (Wildman–Crippen LogP) is 3.10. The Labute approximate surface area is 86.1 Å². The van der Waals surface area contributed by atoms with Crippen LogP contribution in [-0.4, -0.2) is 17.3 Å². The van der Waals surface area contributed by atoms with Crippen LogP contribution in [0.3, 0.4) is 0 Å². The number of benzene rings is 1. The zero-order valence-corrected chi connectivity index (χ0v) is 9.46. The van der Waals surface area contributed by atoms with Gasteiger partial charge in [0.25, 0.3) is 0 Å². The van der Waals surface area contributed by atoms with Gasteiger partial charge in [-0.05, 0) is 13.8 Å². The van der Waals surface area contributed by atoms with Crippen molar-refractivity contribution in [3.63, 3.8) is 0 Å². The molecule has 1 aliphatic heterocycles. The molecule has 1 aromatic rings. The predicted molar refractivity (Wildman–Crippen MR) is 60.6 cm³/mol. The Kier molecular flexibility index (Phi) is 1.99. The molecule has 0 fully saturated rings. The number of hydrogen-bond acceptors (Lipinski definition) is 0. The van der Waals surface area contributed by atoms with Crippen molar-refractivity contribution in [2.45, 2.75) is 32.6 Å². The van der Waals surface area contributed by atoms with Crippen molar-refractivity contribution in [1.29, 1.82) is 0 Å². The van der Waals surface area contributed by atoms with Crippen molar-refractivity contribution >= 4 is 11.4 Å². The average Bonchev–Trinajstić information content (AvgIpc) is 2.36. The quantitative estimate of drug-likeness (QED) is 0.596. The molecule has 14 heavy (non-hydrogen) atoms. The fourth-order valence-electron chi connectivity index (χ4n) is 2.69. The van der Waals surface area contributed by atoms with Crippen LogP contribution in [0.25, 0.3) is 0 Å². The van der Waals surface area contributed by atoms with E-state index < -0.39 is 0 Å². The molecule has 0 unspecified atom stereocenters. The summed E-state index contributed by atoms with van der Waals surface area (Å²) in [4.78, 5) is 0. The van der Waals surface area contributed by atoms with Gasteiger partial charge < -0.3 is 0 Å². The summed E-state index contributed by atoms with van der Waals surface area (Å²) in [5.74, 6) is 0. The lowest BCUT2D eigenvalue weighted by Gasteiger charge is -2.16. The van der Waals surface area contributed by atoms with E-state index in [1.54, 1.807) is 0 Å². The smallest absolute Gasteiger partial charge is 0.202 e. The second kappa shape index (κ2) is 2.94. The van der Waals surface area contributed by atoms with Crippen LogP contribution in [0.5, 0.6) is 0 Å². The molecule has 1 nitrogen and oxygen atoms in total. The molecule has 0 N–H and O–H groups in total. The minimum absolute atomic E-state index is 0.208. The van der Waals surface area contributed by atoms with Gasteiger partial charge in [0.2, 0.25) is 5.69 Å². The molecule has 1 heterocycles. The van der Waals surface area contributed by atoms with Gasteiger partial charge in [-0.2, -0.15) is 0 Å². The largest absolute Gasteiger partial charge is 0.209 e. The van der Waals surface area contributed by atoms with Crippen molar-refractivity contribution in [1.82, 2.24) is 0 Å². The second-order valence-corrected chi connectivity index (χ2v) is 4.50. The Morgan fingerprint density at radius 1 is 1.21 bits per heavy atom. The van der Waals surface area contributed by atoms with Crippen LogP contribution in [0, 0.1) is 0 Å². The first-order valence-corrected chi connectivity index (χ1v) is 5.28. The summed E-state index contributed by atoms with van der Waals surface area (Å²) in [7, 11) is 2.17. The average molecular weight is 188 g/mol. The number of rotatable bonds is 1. The lowest BCUT2D eigenvalue weighted by molar-refractivity contribution is -0.403. The van der Waals surface area contributed by atoms with Crippen LogP contribution in [0.15, 0.2) is 24.3 Å². The standard InChI is InChI=1S/C13H18N/c1-5-12-13(2,3)10-8-6-7-9-11(10)14(12)4/h6-9H,5H2,1-4H3/q+1. The number of para-hydroxylation sites is 1. The number of hydrogen-bond donors (Lipinski definition) is 0. The molecule has 0 aromatic heterocycles. The van der Waals surface area contributed by atoms with Crippen LogP contribution < -0.4 is 0 Å². The summed E-state index contributed by atoms with van der Waals surface area (Å²) in [5, 5.41) is 0. The van der Waals surface area contributed by atoms with Gasteiger partial charge in [-0.3, -0.25) is 0 Å². The van der Waals surface area contributed by atoms with Gasteiger partial charge in [0.1, 0.15) is 7.05 Å². The molecule has 1 aliphatic rings. The first-order chi connectivity index (χ1) is 6.59. The third kappa shape index (κ3) is 1.05. The van der Waals surface area contributed by atoms with E-state index >= 15 is 0 Å². The molecular formula is C13H18N+. The molecule has 0 amide bonds. The van der Waals surface area contributed by atoms with Gasteiger partial charge in [-0.1, -0.05) is 25.1 Å². The van der Waals surface area contributed by atoms with Crippen LogP contribution in [0.1, 0.15) is 32.8 Å². The fourth-order valence-corrected chi connectivity index (χ4v) is 2.69. The van der Waals surface area contributed by atoms with Crippen LogP contribution >= 0.6 is 0 Å². The summed E-state index contributed by atoms with van der Waals surface area (Å²) in [6.07, 6.45) is 1.12. The van der Waals surface area contributed by atoms with E-state index in [0.29, 0.717) is 0 Å². The Morgan fingerprint density at radius 3 is 2.43 bits per heavy atom. The molecule has 74 valence electrons. The molecule has 0 radical (unpaired) electrons. The van der Waals surface area contributed by atoms with Gasteiger partial charge in [0.05, 0.1) is 5.41 Å². The molecule has 0 aliphatic carbocycles. The highest BCUT2D eigenvalue weighted by molar-refractivity contribution is 5.94. The molecular weight excluding hydrogens is 170 g/mol. The third-order valence-electron chi connectivity index (χ3n) is 3.40. The molecule has 0 saturated carbocycles. The van der Waals surface area contributed by atoms with E-state index in [9.17, 15) is 0 Å². The Balaban J connectivity index is 2.68. The number of fused-ring (bicyclic) bond motifs is 1. The Hall–Kier alpha value is -1.11. The second-order valence-electron chi connectivity index (χ2n) is 4.50. The molecule has 0 spiro atoms. The van der Waals surface area contributed by atoms with E-state index in [1.807, 2.05) is 0 Å². The third-order valence-corrected chi connectivity index (χ3v) is 3.40. The summed E-state index contributed by atoms with van der Waals surface area (Å²) in [5.41, 5.74) is 4.55. The van der Waals surface area contributed by atoms with Crippen molar-refractivity contribution in [3.05, 3.63) is 29.8 Å². The topological polar surface area (TPSA) is 3.01 Å². The molecule has 0 atom stereocenters. The maximum absolute atomic E-state index is 2.34. The highest BCUT2D eigenvalue weighted by Gasteiger charge is 2.42.